The molecular formula is C15H18N4O3. The van der Waals surface area contributed by atoms with Gasteiger partial charge in [0.15, 0.2) is 5.65 Å². The normalized spacial score (nSPS) is 16.5. The van der Waals surface area contributed by atoms with Gasteiger partial charge in [-0.1, -0.05) is 0 Å². The van der Waals surface area contributed by atoms with Crippen LogP contribution in [0.15, 0.2) is 18.5 Å². The molecular weight excluding hydrogens is 284 g/mol. The van der Waals surface area contributed by atoms with Crippen LogP contribution in [0.4, 0.5) is 0 Å². The highest BCUT2D eigenvalue weighted by Gasteiger charge is 2.45. The second-order valence-electron chi connectivity index (χ2n) is 6.01. The van der Waals surface area contributed by atoms with Gasteiger partial charge >= 0.3 is 5.97 Å². The van der Waals surface area contributed by atoms with Crippen molar-refractivity contribution in [3.05, 3.63) is 24.0 Å². The van der Waals surface area contributed by atoms with Crippen LogP contribution in [0.25, 0.3) is 11.0 Å². The SMILES string of the molecule is CC(C)n1ncc2cc(C(=O)NC3(C(=O)O)CCC3)cnc21. The zero-order chi connectivity index (χ0) is 15.9. The number of nitrogens with one attached hydrogen (secondary N) is 1. The van der Waals surface area contributed by atoms with Crippen LogP contribution in [0.2, 0.25) is 0 Å². The van der Waals surface area contributed by atoms with E-state index in [4.69, 9.17) is 0 Å². The van der Waals surface area contributed by atoms with Gasteiger partial charge in [-0.05, 0) is 39.2 Å². The number of carboxylic acid groups (broad SMARTS) is 1. The van der Waals surface area contributed by atoms with E-state index in [2.05, 4.69) is 15.4 Å². The summed E-state index contributed by atoms with van der Waals surface area (Å²) in [7, 11) is 0. The van der Waals surface area contributed by atoms with Crippen LogP contribution in [0.5, 0.6) is 0 Å². The molecule has 2 N–H and O–H groups in total. The molecule has 1 aliphatic carbocycles. The minimum atomic E-state index is -1.12. The maximum atomic E-state index is 12.3. The van der Waals surface area contributed by atoms with Gasteiger partial charge in [-0.15, -0.1) is 0 Å². The Hall–Kier alpha value is -2.44. The van der Waals surface area contributed by atoms with Crippen LogP contribution in [0.3, 0.4) is 0 Å². The monoisotopic (exact) mass is 302 g/mol. The molecule has 1 saturated carbocycles. The first kappa shape index (κ1) is 14.5. The van der Waals surface area contributed by atoms with E-state index in [0.717, 1.165) is 11.8 Å². The van der Waals surface area contributed by atoms with Crippen molar-refractivity contribution < 1.29 is 14.7 Å². The van der Waals surface area contributed by atoms with E-state index in [1.807, 2.05) is 13.8 Å². The van der Waals surface area contributed by atoms with Crippen LogP contribution in [0, 0.1) is 0 Å². The number of carbonyl (C=O) groups is 2. The number of aliphatic carboxylic acids is 1. The lowest BCUT2D eigenvalue weighted by Crippen LogP contribution is -2.59. The first-order chi connectivity index (χ1) is 10.4. The Labute approximate surface area is 127 Å². The first-order valence-electron chi connectivity index (χ1n) is 7.32. The van der Waals surface area contributed by atoms with Gasteiger partial charge < -0.3 is 10.4 Å². The summed E-state index contributed by atoms with van der Waals surface area (Å²) in [5, 5.41) is 16.9. The molecule has 0 radical (unpaired) electrons. The van der Waals surface area contributed by atoms with Crippen molar-refractivity contribution >= 4 is 22.9 Å². The number of carbonyl (C=O) groups excluding carboxylic acids is 1. The van der Waals surface area contributed by atoms with E-state index in [9.17, 15) is 14.7 Å². The standard InChI is InChI=1S/C15H18N4O3/c1-9(2)19-12-10(8-17-19)6-11(7-16-12)13(20)18-15(14(21)22)4-3-5-15/h6-9H,3-5H2,1-2H3,(H,18,20)(H,21,22). The highest BCUT2D eigenvalue weighted by molar-refractivity contribution is 6.00. The molecule has 0 aliphatic heterocycles. The van der Waals surface area contributed by atoms with Crippen LogP contribution in [0.1, 0.15) is 49.5 Å². The summed E-state index contributed by atoms with van der Waals surface area (Å²) in [5.74, 6) is -1.39. The molecule has 0 unspecified atom stereocenters. The summed E-state index contributed by atoms with van der Waals surface area (Å²) in [6, 6.07) is 1.87. The van der Waals surface area contributed by atoms with Crippen molar-refractivity contribution in [3.63, 3.8) is 0 Å². The molecule has 0 spiro atoms. The number of carboxylic acids is 1. The third-order valence-corrected chi connectivity index (χ3v) is 4.15. The molecule has 0 atom stereocenters. The Morgan fingerprint density at radius 2 is 2.09 bits per heavy atom. The fourth-order valence-electron chi connectivity index (χ4n) is 2.65. The molecule has 116 valence electrons. The summed E-state index contributed by atoms with van der Waals surface area (Å²) in [6.45, 7) is 4.00. The van der Waals surface area contributed by atoms with Crippen LogP contribution < -0.4 is 5.32 Å². The number of fused-ring (bicyclic) bond motifs is 1. The Morgan fingerprint density at radius 1 is 1.36 bits per heavy atom. The summed E-state index contributed by atoms with van der Waals surface area (Å²) >= 11 is 0. The summed E-state index contributed by atoms with van der Waals surface area (Å²) in [5.41, 5.74) is -0.0554. The summed E-state index contributed by atoms with van der Waals surface area (Å²) in [4.78, 5) is 27.9. The van der Waals surface area contributed by atoms with E-state index >= 15 is 0 Å². The van der Waals surface area contributed by atoms with Crippen LogP contribution >= 0.6 is 0 Å². The molecule has 7 nitrogen and oxygen atoms in total. The van der Waals surface area contributed by atoms with Crippen molar-refractivity contribution in [2.75, 3.05) is 0 Å². The van der Waals surface area contributed by atoms with Crippen molar-refractivity contribution in [3.8, 4) is 0 Å². The molecule has 2 aromatic rings. The largest absolute Gasteiger partial charge is 0.480 e. The van der Waals surface area contributed by atoms with Crippen molar-refractivity contribution in [2.45, 2.75) is 44.7 Å². The third-order valence-electron chi connectivity index (χ3n) is 4.15. The lowest BCUT2D eigenvalue weighted by Gasteiger charge is -2.38. The van der Waals surface area contributed by atoms with E-state index in [0.29, 0.717) is 24.1 Å². The Balaban J connectivity index is 1.87. The second-order valence-corrected chi connectivity index (χ2v) is 6.01. The molecule has 0 bridgehead atoms. The zero-order valence-corrected chi connectivity index (χ0v) is 12.5. The van der Waals surface area contributed by atoms with E-state index in [1.165, 1.54) is 6.20 Å². The van der Waals surface area contributed by atoms with Crippen LogP contribution in [-0.2, 0) is 4.79 Å². The molecule has 2 heterocycles. The number of nitrogens with zero attached hydrogens (tertiary/aromatic N) is 3. The molecule has 2 aromatic heterocycles. The fraction of sp³-hybridized carbons (Fsp3) is 0.467. The van der Waals surface area contributed by atoms with E-state index < -0.39 is 17.4 Å². The highest BCUT2D eigenvalue weighted by atomic mass is 16.4. The van der Waals surface area contributed by atoms with Gasteiger partial charge in [-0.2, -0.15) is 5.10 Å². The van der Waals surface area contributed by atoms with Crippen molar-refractivity contribution in [2.24, 2.45) is 0 Å². The molecule has 22 heavy (non-hydrogen) atoms. The predicted molar refractivity (Wildman–Crippen MR) is 79.6 cm³/mol. The van der Waals surface area contributed by atoms with Gasteiger partial charge in [0.05, 0.1) is 11.8 Å². The third kappa shape index (κ3) is 2.22. The highest BCUT2D eigenvalue weighted by Crippen LogP contribution is 2.32. The maximum Gasteiger partial charge on any atom is 0.329 e. The second kappa shape index (κ2) is 5.08. The van der Waals surface area contributed by atoms with Crippen molar-refractivity contribution in [1.82, 2.24) is 20.1 Å². The quantitative estimate of drug-likeness (QED) is 0.896. The fourth-order valence-corrected chi connectivity index (χ4v) is 2.65. The predicted octanol–water partition coefficient (Wildman–Crippen LogP) is 1.75. The number of aromatic nitrogens is 3. The average Bonchev–Trinajstić information content (AvgIpc) is 2.85. The van der Waals surface area contributed by atoms with Crippen LogP contribution in [-0.4, -0.2) is 37.3 Å². The van der Waals surface area contributed by atoms with Crippen molar-refractivity contribution in [1.29, 1.82) is 0 Å². The zero-order valence-electron chi connectivity index (χ0n) is 12.5. The number of hydrogen-bond donors (Lipinski definition) is 2. The Bertz CT molecular complexity index is 746. The topological polar surface area (TPSA) is 97.1 Å². The average molecular weight is 302 g/mol. The molecule has 1 aliphatic rings. The van der Waals surface area contributed by atoms with Gasteiger partial charge in [0.2, 0.25) is 0 Å². The van der Waals surface area contributed by atoms with Gasteiger partial charge in [0.25, 0.3) is 5.91 Å². The minimum absolute atomic E-state index is 0.176. The van der Waals surface area contributed by atoms with Gasteiger partial charge in [0.1, 0.15) is 5.54 Å². The minimum Gasteiger partial charge on any atom is -0.480 e. The Kier molecular flexibility index (Phi) is 3.35. The van der Waals surface area contributed by atoms with Gasteiger partial charge in [-0.3, -0.25) is 4.79 Å². The van der Waals surface area contributed by atoms with E-state index in [-0.39, 0.29) is 6.04 Å². The van der Waals surface area contributed by atoms with Gasteiger partial charge in [0, 0.05) is 17.6 Å². The number of pyridine rings is 1. The lowest BCUT2D eigenvalue weighted by atomic mass is 9.76. The maximum absolute atomic E-state index is 12.3. The van der Waals surface area contributed by atoms with E-state index in [1.54, 1.807) is 16.9 Å². The summed E-state index contributed by atoms with van der Waals surface area (Å²) in [6.07, 6.45) is 4.87. The first-order valence-corrected chi connectivity index (χ1v) is 7.32. The molecule has 1 fully saturated rings. The molecule has 7 heteroatoms. The van der Waals surface area contributed by atoms with Gasteiger partial charge in [-0.25, -0.2) is 14.5 Å². The smallest absolute Gasteiger partial charge is 0.329 e. The molecule has 0 aromatic carbocycles. The lowest BCUT2D eigenvalue weighted by molar-refractivity contribution is -0.148. The number of hydrogen-bond acceptors (Lipinski definition) is 4. The Morgan fingerprint density at radius 3 is 2.64 bits per heavy atom. The molecule has 0 saturated heterocycles. The summed E-state index contributed by atoms with van der Waals surface area (Å²) < 4.78 is 1.78. The molecule has 1 amide bonds. The number of rotatable bonds is 4. The number of amides is 1. The molecule has 3 rings (SSSR count).